The molecule has 0 radical (unpaired) electrons. The van der Waals surface area contributed by atoms with Crippen LogP contribution < -0.4 is 10.2 Å². The van der Waals surface area contributed by atoms with Gasteiger partial charge >= 0.3 is 0 Å². The SMILES string of the molecule is CN(CC#N)c1cc(NCc2ccc(Br)s2)ncn1. The van der Waals surface area contributed by atoms with Gasteiger partial charge in [-0.25, -0.2) is 9.97 Å². The Morgan fingerprint density at radius 3 is 3.00 bits per heavy atom. The Balaban J connectivity index is 2.01. The second-order valence-corrected chi connectivity index (χ2v) is 6.38. The van der Waals surface area contributed by atoms with Gasteiger partial charge in [-0.1, -0.05) is 0 Å². The van der Waals surface area contributed by atoms with Gasteiger partial charge in [0.25, 0.3) is 0 Å². The van der Waals surface area contributed by atoms with Gasteiger partial charge in [0.15, 0.2) is 0 Å². The van der Waals surface area contributed by atoms with E-state index in [1.807, 2.05) is 19.2 Å². The quantitative estimate of drug-likeness (QED) is 0.850. The number of hydrogen-bond acceptors (Lipinski definition) is 6. The van der Waals surface area contributed by atoms with Crippen LogP contribution in [0.5, 0.6) is 0 Å². The zero-order valence-corrected chi connectivity index (χ0v) is 12.7. The van der Waals surface area contributed by atoms with E-state index in [0.717, 1.165) is 15.4 Å². The first kappa shape index (κ1) is 13.8. The summed E-state index contributed by atoms with van der Waals surface area (Å²) in [5.74, 6) is 1.48. The molecule has 0 aliphatic rings. The summed E-state index contributed by atoms with van der Waals surface area (Å²) in [4.78, 5) is 11.3. The van der Waals surface area contributed by atoms with Crippen LogP contribution in [0.15, 0.2) is 28.3 Å². The molecule has 0 fully saturated rings. The predicted octanol–water partition coefficient (Wildman–Crippen LogP) is 2.87. The molecule has 0 amide bonds. The van der Waals surface area contributed by atoms with E-state index in [-0.39, 0.29) is 0 Å². The summed E-state index contributed by atoms with van der Waals surface area (Å²) in [7, 11) is 1.83. The van der Waals surface area contributed by atoms with Crippen molar-refractivity contribution in [2.45, 2.75) is 6.54 Å². The lowest BCUT2D eigenvalue weighted by Gasteiger charge is -2.14. The molecule has 0 saturated heterocycles. The number of nitriles is 1. The zero-order valence-electron chi connectivity index (χ0n) is 10.3. The molecule has 0 aliphatic heterocycles. The second kappa shape index (κ2) is 6.50. The number of anilines is 2. The first-order chi connectivity index (χ1) is 9.19. The molecule has 0 unspecified atom stereocenters. The molecule has 1 N–H and O–H groups in total. The van der Waals surface area contributed by atoms with Crippen molar-refractivity contribution in [1.29, 1.82) is 5.26 Å². The third-order valence-electron chi connectivity index (χ3n) is 2.42. The van der Waals surface area contributed by atoms with Gasteiger partial charge in [-0.2, -0.15) is 5.26 Å². The summed E-state index contributed by atoms with van der Waals surface area (Å²) in [5.41, 5.74) is 0. The van der Waals surface area contributed by atoms with E-state index >= 15 is 0 Å². The summed E-state index contributed by atoms with van der Waals surface area (Å²) in [6.45, 7) is 1.02. The Morgan fingerprint density at radius 2 is 2.32 bits per heavy atom. The Labute approximate surface area is 124 Å². The van der Waals surface area contributed by atoms with Gasteiger partial charge < -0.3 is 10.2 Å². The Bertz CT molecular complexity index is 592. The van der Waals surface area contributed by atoms with Crippen LogP contribution in [0.4, 0.5) is 11.6 Å². The van der Waals surface area contributed by atoms with E-state index < -0.39 is 0 Å². The second-order valence-electron chi connectivity index (χ2n) is 3.83. The Morgan fingerprint density at radius 1 is 1.47 bits per heavy atom. The minimum atomic E-state index is 0.300. The van der Waals surface area contributed by atoms with E-state index in [4.69, 9.17) is 5.26 Å². The average Bonchev–Trinajstić information content (AvgIpc) is 2.83. The molecule has 5 nitrogen and oxygen atoms in total. The standard InChI is InChI=1S/C12H12BrN5S/c1-18(5-4-14)12-6-11(16-8-17-12)15-7-9-2-3-10(13)19-9/h2-3,6,8H,5,7H2,1H3,(H,15,16,17). The number of nitrogens with zero attached hydrogens (tertiary/aromatic N) is 4. The normalized spacial score (nSPS) is 9.95. The van der Waals surface area contributed by atoms with E-state index in [9.17, 15) is 0 Å². The first-order valence-corrected chi connectivity index (χ1v) is 7.18. The van der Waals surface area contributed by atoms with Crippen molar-refractivity contribution < 1.29 is 0 Å². The van der Waals surface area contributed by atoms with Crippen LogP contribution in [-0.4, -0.2) is 23.6 Å². The molecule has 0 aliphatic carbocycles. The van der Waals surface area contributed by atoms with Crippen molar-refractivity contribution in [2.24, 2.45) is 0 Å². The molecule has 19 heavy (non-hydrogen) atoms. The van der Waals surface area contributed by atoms with Crippen molar-refractivity contribution >= 4 is 38.9 Å². The van der Waals surface area contributed by atoms with E-state index in [1.54, 1.807) is 16.2 Å². The highest BCUT2D eigenvalue weighted by Crippen LogP contribution is 2.23. The monoisotopic (exact) mass is 337 g/mol. The number of nitrogens with one attached hydrogen (secondary N) is 1. The van der Waals surface area contributed by atoms with Crippen molar-refractivity contribution in [1.82, 2.24) is 9.97 Å². The fraction of sp³-hybridized carbons (Fsp3) is 0.250. The molecule has 0 aromatic carbocycles. The highest BCUT2D eigenvalue weighted by molar-refractivity contribution is 9.11. The van der Waals surface area contributed by atoms with Crippen LogP contribution in [-0.2, 0) is 6.54 Å². The Hall–Kier alpha value is -1.65. The van der Waals surface area contributed by atoms with Gasteiger partial charge in [-0.05, 0) is 28.1 Å². The van der Waals surface area contributed by atoms with Gasteiger partial charge in [-0.3, -0.25) is 0 Å². The van der Waals surface area contributed by atoms with Crippen LogP contribution in [0.25, 0.3) is 0 Å². The molecule has 2 rings (SSSR count). The van der Waals surface area contributed by atoms with Crippen LogP contribution in [0.2, 0.25) is 0 Å². The predicted molar refractivity (Wildman–Crippen MR) is 80.3 cm³/mol. The van der Waals surface area contributed by atoms with Crippen LogP contribution in [0.1, 0.15) is 4.88 Å². The number of aromatic nitrogens is 2. The first-order valence-electron chi connectivity index (χ1n) is 5.57. The van der Waals surface area contributed by atoms with Crippen molar-refractivity contribution in [3.8, 4) is 6.07 Å². The fourth-order valence-corrected chi connectivity index (χ4v) is 2.89. The van der Waals surface area contributed by atoms with Crippen LogP contribution >= 0.6 is 27.3 Å². The van der Waals surface area contributed by atoms with E-state index in [2.05, 4.69) is 43.4 Å². The molecule has 0 saturated carbocycles. The number of rotatable bonds is 5. The third kappa shape index (κ3) is 3.91. The minimum absolute atomic E-state index is 0.300. The lowest BCUT2D eigenvalue weighted by Crippen LogP contribution is -2.18. The maximum Gasteiger partial charge on any atom is 0.134 e. The Kier molecular flexibility index (Phi) is 4.71. The van der Waals surface area contributed by atoms with Gasteiger partial charge in [-0.15, -0.1) is 11.3 Å². The number of halogens is 1. The van der Waals surface area contributed by atoms with Crippen LogP contribution in [0, 0.1) is 11.3 Å². The van der Waals surface area contributed by atoms with Crippen molar-refractivity contribution in [3.63, 3.8) is 0 Å². The van der Waals surface area contributed by atoms with Gasteiger partial charge in [0.1, 0.15) is 24.5 Å². The van der Waals surface area contributed by atoms with Crippen LogP contribution in [0.3, 0.4) is 0 Å². The fourth-order valence-electron chi connectivity index (χ4n) is 1.46. The molecule has 7 heteroatoms. The molecule has 2 heterocycles. The number of hydrogen-bond donors (Lipinski definition) is 1. The molecule has 0 spiro atoms. The summed E-state index contributed by atoms with van der Waals surface area (Å²) in [6, 6.07) is 8.00. The smallest absolute Gasteiger partial charge is 0.134 e. The number of thiophene rings is 1. The summed E-state index contributed by atoms with van der Waals surface area (Å²) in [6.07, 6.45) is 1.50. The highest BCUT2D eigenvalue weighted by Gasteiger charge is 2.04. The van der Waals surface area contributed by atoms with Crippen molar-refractivity contribution in [3.05, 3.63) is 33.2 Å². The average molecular weight is 338 g/mol. The van der Waals surface area contributed by atoms with Crippen molar-refractivity contribution in [2.75, 3.05) is 23.8 Å². The molecule has 98 valence electrons. The highest BCUT2D eigenvalue weighted by atomic mass is 79.9. The minimum Gasteiger partial charge on any atom is -0.365 e. The summed E-state index contributed by atoms with van der Waals surface area (Å²) >= 11 is 5.12. The third-order valence-corrected chi connectivity index (χ3v) is 4.05. The van der Waals surface area contributed by atoms with Gasteiger partial charge in [0.05, 0.1) is 16.4 Å². The molecule has 0 bridgehead atoms. The molecule has 2 aromatic heterocycles. The summed E-state index contributed by atoms with van der Waals surface area (Å²) < 4.78 is 1.11. The lowest BCUT2D eigenvalue weighted by atomic mass is 10.4. The largest absolute Gasteiger partial charge is 0.365 e. The van der Waals surface area contributed by atoms with Gasteiger partial charge in [0, 0.05) is 18.0 Å². The topological polar surface area (TPSA) is 64.8 Å². The van der Waals surface area contributed by atoms with Gasteiger partial charge in [0.2, 0.25) is 0 Å². The maximum atomic E-state index is 8.67. The molecular weight excluding hydrogens is 326 g/mol. The lowest BCUT2D eigenvalue weighted by molar-refractivity contribution is 0.975. The van der Waals surface area contributed by atoms with E-state index in [1.165, 1.54) is 11.2 Å². The molecule has 0 atom stereocenters. The molecular formula is C12H12BrN5S. The zero-order chi connectivity index (χ0) is 13.7. The van der Waals surface area contributed by atoms with E-state index in [0.29, 0.717) is 13.1 Å². The maximum absolute atomic E-state index is 8.67. The summed E-state index contributed by atoms with van der Waals surface area (Å²) in [5, 5.41) is 11.9. The molecule has 2 aromatic rings.